The van der Waals surface area contributed by atoms with Crippen molar-refractivity contribution in [1.82, 2.24) is 9.88 Å². The SMILES string of the molecule is CC[C@@](O)(c1cc(F)c2c(c1)C(=O)N(Cc1ncc(Cl)cc1C(=O)[O-])[C@@]2(OC)c1ccc(Cl)cc1)C1(F)CCOCC1. The van der Waals surface area contributed by atoms with Crippen LogP contribution in [0.25, 0.3) is 0 Å². The number of benzene rings is 2. The van der Waals surface area contributed by atoms with Gasteiger partial charge in [0.05, 0.1) is 34.4 Å². The van der Waals surface area contributed by atoms with Gasteiger partial charge in [0.15, 0.2) is 5.72 Å². The predicted octanol–water partition coefficient (Wildman–Crippen LogP) is 4.51. The van der Waals surface area contributed by atoms with Crippen LogP contribution in [-0.2, 0) is 27.3 Å². The Bertz CT molecular complexity index is 1550. The first-order valence-electron chi connectivity index (χ1n) is 13.2. The van der Waals surface area contributed by atoms with Crippen molar-refractivity contribution in [2.24, 2.45) is 0 Å². The van der Waals surface area contributed by atoms with Gasteiger partial charge >= 0.3 is 0 Å². The molecule has 3 aromatic rings. The molecule has 8 nitrogen and oxygen atoms in total. The van der Waals surface area contributed by atoms with E-state index in [0.29, 0.717) is 10.6 Å². The first kappa shape index (κ1) is 30.3. The van der Waals surface area contributed by atoms with Crippen molar-refractivity contribution in [2.45, 2.75) is 49.7 Å². The largest absolute Gasteiger partial charge is 0.545 e. The maximum Gasteiger partial charge on any atom is 0.257 e. The zero-order valence-corrected chi connectivity index (χ0v) is 24.3. The molecule has 1 N–H and O–H groups in total. The fraction of sp³-hybridized carbons (Fsp3) is 0.367. The van der Waals surface area contributed by atoms with E-state index < -0.39 is 41.2 Å². The number of ether oxygens (including phenoxy) is 2. The van der Waals surface area contributed by atoms with Crippen molar-refractivity contribution in [3.05, 3.63) is 98.0 Å². The Morgan fingerprint density at radius 3 is 2.45 bits per heavy atom. The number of halogens is 4. The molecular weight excluding hydrogens is 593 g/mol. The number of methoxy groups -OCH3 is 1. The molecule has 12 heteroatoms. The molecule has 2 atom stereocenters. The van der Waals surface area contributed by atoms with Crippen molar-refractivity contribution in [1.29, 1.82) is 0 Å². The monoisotopic (exact) mass is 619 g/mol. The molecule has 3 heterocycles. The molecule has 0 radical (unpaired) electrons. The Hall–Kier alpha value is -3.15. The Morgan fingerprint density at radius 1 is 1.19 bits per heavy atom. The number of nitrogens with zero attached hydrogens (tertiary/aromatic N) is 2. The molecule has 2 aliphatic heterocycles. The van der Waals surface area contributed by atoms with Crippen LogP contribution in [0, 0.1) is 5.82 Å². The summed E-state index contributed by atoms with van der Waals surface area (Å²) < 4.78 is 43.9. The van der Waals surface area contributed by atoms with Gasteiger partial charge in [-0.1, -0.05) is 42.3 Å². The molecule has 0 aliphatic carbocycles. The highest BCUT2D eigenvalue weighted by Gasteiger charge is 2.57. The number of fused-ring (bicyclic) bond motifs is 1. The third-order valence-electron chi connectivity index (χ3n) is 8.30. The summed E-state index contributed by atoms with van der Waals surface area (Å²) in [6.45, 7) is 1.28. The Morgan fingerprint density at radius 2 is 1.86 bits per heavy atom. The topological polar surface area (TPSA) is 112 Å². The first-order chi connectivity index (χ1) is 19.9. The van der Waals surface area contributed by atoms with E-state index >= 15 is 8.78 Å². The van der Waals surface area contributed by atoms with Crippen molar-refractivity contribution in [2.75, 3.05) is 20.3 Å². The lowest BCUT2D eigenvalue weighted by atomic mass is 9.72. The smallest absolute Gasteiger partial charge is 0.257 e. The number of carbonyl (C=O) groups excluding carboxylic acids is 2. The Balaban J connectivity index is 1.73. The van der Waals surface area contributed by atoms with E-state index in [0.717, 1.165) is 17.0 Å². The van der Waals surface area contributed by atoms with Crippen molar-refractivity contribution >= 4 is 35.1 Å². The molecule has 5 rings (SSSR count). The summed E-state index contributed by atoms with van der Waals surface area (Å²) in [6, 6.07) is 9.59. The van der Waals surface area contributed by atoms with Crippen LogP contribution in [0.5, 0.6) is 0 Å². The number of alkyl halides is 1. The summed E-state index contributed by atoms with van der Waals surface area (Å²) >= 11 is 12.1. The third-order valence-corrected chi connectivity index (χ3v) is 8.75. The van der Waals surface area contributed by atoms with Gasteiger partial charge in [0.1, 0.15) is 17.1 Å². The van der Waals surface area contributed by atoms with Gasteiger partial charge in [0.2, 0.25) is 0 Å². The lowest BCUT2D eigenvalue weighted by Gasteiger charge is -2.44. The van der Waals surface area contributed by atoms with E-state index in [4.69, 9.17) is 32.7 Å². The molecule has 1 saturated heterocycles. The molecular formula is C30H27Cl2F2N2O6-. The molecule has 2 aromatic carbocycles. The summed E-state index contributed by atoms with van der Waals surface area (Å²) in [5, 5.41) is 24.0. The molecule has 0 saturated carbocycles. The summed E-state index contributed by atoms with van der Waals surface area (Å²) in [5.74, 6) is -3.27. The zero-order chi connectivity index (χ0) is 30.4. The number of pyridine rings is 1. The second-order valence-electron chi connectivity index (χ2n) is 10.4. The highest BCUT2D eigenvalue weighted by Crippen LogP contribution is 2.51. The number of aromatic carboxylic acids is 1. The van der Waals surface area contributed by atoms with E-state index in [2.05, 4.69) is 4.98 Å². The predicted molar refractivity (Wildman–Crippen MR) is 147 cm³/mol. The van der Waals surface area contributed by atoms with E-state index in [1.807, 2.05) is 0 Å². The number of rotatable bonds is 8. The van der Waals surface area contributed by atoms with E-state index in [-0.39, 0.29) is 65.4 Å². The average Bonchev–Trinajstić information content (AvgIpc) is 3.22. The minimum absolute atomic E-state index is 0.0347. The van der Waals surface area contributed by atoms with Gasteiger partial charge in [0, 0.05) is 55.5 Å². The minimum atomic E-state index is -2.13. The van der Waals surface area contributed by atoms with Gasteiger partial charge in [-0.05, 0) is 42.3 Å². The molecule has 0 unspecified atom stereocenters. The first-order valence-corrected chi connectivity index (χ1v) is 14.0. The molecule has 0 bridgehead atoms. The summed E-state index contributed by atoms with van der Waals surface area (Å²) in [7, 11) is 1.27. The number of carbonyl (C=O) groups is 2. The van der Waals surface area contributed by atoms with Crippen LogP contribution in [-0.4, -0.2) is 52.9 Å². The van der Waals surface area contributed by atoms with Crippen LogP contribution in [0.4, 0.5) is 8.78 Å². The average molecular weight is 620 g/mol. The highest BCUT2D eigenvalue weighted by atomic mass is 35.5. The fourth-order valence-electron chi connectivity index (χ4n) is 6.08. The highest BCUT2D eigenvalue weighted by molar-refractivity contribution is 6.31. The number of hydrogen-bond donors (Lipinski definition) is 1. The molecule has 42 heavy (non-hydrogen) atoms. The van der Waals surface area contributed by atoms with Gasteiger partial charge in [0.25, 0.3) is 5.91 Å². The van der Waals surface area contributed by atoms with Crippen LogP contribution in [0.15, 0.2) is 48.7 Å². The molecule has 1 amide bonds. The lowest BCUT2D eigenvalue weighted by Crippen LogP contribution is -2.51. The van der Waals surface area contributed by atoms with E-state index in [9.17, 15) is 19.8 Å². The molecule has 1 fully saturated rings. The quantitative estimate of drug-likeness (QED) is 0.395. The maximum atomic E-state index is 16.4. The fourth-order valence-corrected chi connectivity index (χ4v) is 6.36. The van der Waals surface area contributed by atoms with Gasteiger partial charge in [-0.2, -0.15) is 0 Å². The number of aliphatic hydroxyl groups is 1. The molecule has 2 aliphatic rings. The summed E-state index contributed by atoms with van der Waals surface area (Å²) in [4.78, 5) is 31.3. The van der Waals surface area contributed by atoms with Crippen molar-refractivity contribution in [3.63, 3.8) is 0 Å². The molecule has 0 spiro atoms. The van der Waals surface area contributed by atoms with Gasteiger partial charge in [-0.25, -0.2) is 8.78 Å². The maximum absolute atomic E-state index is 16.4. The van der Waals surface area contributed by atoms with Crippen molar-refractivity contribution < 1.29 is 38.1 Å². The van der Waals surface area contributed by atoms with Gasteiger partial charge in [-0.15, -0.1) is 0 Å². The van der Waals surface area contributed by atoms with Gasteiger partial charge < -0.3 is 24.5 Å². The zero-order valence-electron chi connectivity index (χ0n) is 22.8. The number of aromatic nitrogens is 1. The van der Waals surface area contributed by atoms with Gasteiger partial charge in [-0.3, -0.25) is 14.7 Å². The van der Waals surface area contributed by atoms with Crippen LogP contribution in [0.2, 0.25) is 10.0 Å². The second-order valence-corrected chi connectivity index (χ2v) is 11.2. The lowest BCUT2D eigenvalue weighted by molar-refractivity contribution is -0.255. The van der Waals surface area contributed by atoms with E-state index in [1.54, 1.807) is 19.1 Å². The number of carboxylic acids is 1. The second kappa shape index (κ2) is 11.2. The normalized spacial score (nSPS) is 21.2. The standard InChI is InChI=1S/C30H28Cl2F2N2O6/c1-3-29(40,28(34)8-10-42-11-9-28)18-12-22-25(23(33)13-18)30(41-2,17-4-6-19(31)7-5-17)36(26(22)37)16-24-21(27(38)39)14-20(32)15-35-24/h4-7,12-15,40H,3,8-11,16H2,1-2H3,(H,38,39)/p-1/t29-,30-/m1/s1. The van der Waals surface area contributed by atoms with Crippen molar-refractivity contribution in [3.8, 4) is 0 Å². The van der Waals surface area contributed by atoms with Crippen LogP contribution in [0.3, 0.4) is 0 Å². The van der Waals surface area contributed by atoms with Crippen LogP contribution in [0.1, 0.15) is 69.3 Å². The number of amides is 1. The number of carboxylic acid groups (broad SMARTS) is 1. The summed E-state index contributed by atoms with van der Waals surface area (Å²) in [5.41, 5.74) is -6.82. The van der Waals surface area contributed by atoms with Crippen LogP contribution >= 0.6 is 23.2 Å². The minimum Gasteiger partial charge on any atom is -0.545 e. The Kier molecular flexibility index (Phi) is 8.06. The summed E-state index contributed by atoms with van der Waals surface area (Å²) in [6.07, 6.45) is 0.882. The Labute approximate surface area is 250 Å². The molecule has 1 aromatic heterocycles. The third kappa shape index (κ3) is 4.66. The number of hydrogen-bond acceptors (Lipinski definition) is 7. The van der Waals surface area contributed by atoms with E-state index in [1.165, 1.54) is 31.5 Å². The van der Waals surface area contributed by atoms with Crippen LogP contribution < -0.4 is 5.11 Å². The molecule has 222 valence electrons.